The standard InChI is InChI=1S/C38H39N3O6/c1-22-12-14-24(15-13-22)39-41-35(44)30-20-29-27(17-18-28-32(29)36(45)40(34(28)43)25-10-6-3-7-11-25)33(31-19-16-26(21-42)47-31)38(30,37(41)46)23-8-4-2-5-9-23/h2,4-5,8-9,12-17,19,25,28-30,32-33,39,42H,3,6-7,10-11,18,20-21H2,1H3/t28-,29+,30-,32-,33+,38+/m0/s1. The predicted octanol–water partition coefficient (Wildman–Crippen LogP) is 5.40. The van der Waals surface area contributed by atoms with E-state index in [4.69, 9.17) is 4.42 Å². The molecule has 242 valence electrons. The molecule has 8 rings (SSSR count). The van der Waals surface area contributed by atoms with Crippen molar-refractivity contribution in [2.45, 2.75) is 75.9 Å². The maximum Gasteiger partial charge on any atom is 0.260 e. The molecule has 0 unspecified atom stereocenters. The summed E-state index contributed by atoms with van der Waals surface area (Å²) in [6.07, 6.45) is 7.45. The summed E-state index contributed by atoms with van der Waals surface area (Å²) in [5.74, 6) is -3.30. The molecule has 0 spiro atoms. The van der Waals surface area contributed by atoms with Crippen LogP contribution in [0.4, 0.5) is 5.69 Å². The molecule has 6 atom stereocenters. The highest BCUT2D eigenvalue weighted by Crippen LogP contribution is 2.64. The number of aliphatic hydroxyl groups excluding tert-OH is 1. The molecule has 2 N–H and O–H groups in total. The lowest BCUT2D eigenvalue weighted by atomic mass is 9.50. The molecule has 9 nitrogen and oxygen atoms in total. The maximum atomic E-state index is 15.1. The number of nitrogens with one attached hydrogen (secondary N) is 1. The number of furan rings is 1. The zero-order chi connectivity index (χ0) is 32.4. The number of aryl methyl sites for hydroxylation is 1. The van der Waals surface area contributed by atoms with Crippen LogP contribution in [-0.4, -0.2) is 44.7 Å². The molecule has 2 saturated carbocycles. The van der Waals surface area contributed by atoms with E-state index in [1.165, 1.54) is 0 Å². The van der Waals surface area contributed by atoms with Crippen LogP contribution >= 0.6 is 0 Å². The molecule has 2 aliphatic heterocycles. The minimum Gasteiger partial charge on any atom is -0.463 e. The summed E-state index contributed by atoms with van der Waals surface area (Å²) in [4.78, 5) is 59.6. The number of carbonyl (C=O) groups excluding carboxylic acids is 4. The fourth-order valence-electron chi connectivity index (χ4n) is 9.41. The molecule has 1 aromatic heterocycles. The predicted molar refractivity (Wildman–Crippen MR) is 172 cm³/mol. The van der Waals surface area contributed by atoms with Crippen molar-refractivity contribution in [1.82, 2.24) is 9.91 Å². The first-order chi connectivity index (χ1) is 22.8. The molecule has 0 bridgehead atoms. The van der Waals surface area contributed by atoms with Crippen LogP contribution in [0.5, 0.6) is 0 Å². The molecule has 2 saturated heterocycles. The molecule has 3 aromatic rings. The van der Waals surface area contributed by atoms with E-state index in [1.54, 1.807) is 17.0 Å². The zero-order valence-electron chi connectivity index (χ0n) is 26.4. The third-order valence-corrected chi connectivity index (χ3v) is 11.5. The Balaban J connectivity index is 1.29. The minimum atomic E-state index is -1.38. The van der Waals surface area contributed by atoms with Crippen LogP contribution in [-0.2, 0) is 31.2 Å². The van der Waals surface area contributed by atoms with Crippen LogP contribution in [0, 0.1) is 30.6 Å². The molecule has 9 heteroatoms. The van der Waals surface area contributed by atoms with Crippen LogP contribution < -0.4 is 5.43 Å². The van der Waals surface area contributed by atoms with E-state index >= 15 is 4.79 Å². The maximum absolute atomic E-state index is 15.1. The van der Waals surface area contributed by atoms with Crippen LogP contribution in [0.25, 0.3) is 0 Å². The number of likely N-dealkylation sites (tertiary alicyclic amines) is 1. The van der Waals surface area contributed by atoms with Gasteiger partial charge in [-0.25, -0.2) is 0 Å². The number of benzene rings is 2. The summed E-state index contributed by atoms with van der Waals surface area (Å²) in [5.41, 5.74) is 4.92. The van der Waals surface area contributed by atoms with Gasteiger partial charge in [-0.3, -0.25) is 29.5 Å². The smallest absolute Gasteiger partial charge is 0.260 e. The second kappa shape index (κ2) is 11.3. The number of rotatable bonds is 6. The highest BCUT2D eigenvalue weighted by molar-refractivity contribution is 6.13. The average Bonchev–Trinajstić information content (AvgIpc) is 3.74. The fraction of sp³-hybridized carbons (Fsp3) is 0.421. The number of amides is 4. The second-order valence-electron chi connectivity index (χ2n) is 13.9. The number of hydrazine groups is 1. The normalized spacial score (nSPS) is 30.7. The van der Waals surface area contributed by atoms with Gasteiger partial charge in [0.1, 0.15) is 23.5 Å². The number of nitrogens with zero attached hydrogens (tertiary/aromatic N) is 2. The summed E-state index contributed by atoms with van der Waals surface area (Å²) >= 11 is 0. The number of carbonyl (C=O) groups is 4. The summed E-state index contributed by atoms with van der Waals surface area (Å²) in [7, 11) is 0. The van der Waals surface area contributed by atoms with E-state index in [1.807, 2.05) is 67.6 Å². The summed E-state index contributed by atoms with van der Waals surface area (Å²) in [5, 5.41) is 11.1. The van der Waals surface area contributed by atoms with E-state index in [0.29, 0.717) is 29.2 Å². The number of hydrogen-bond donors (Lipinski definition) is 2. The highest BCUT2D eigenvalue weighted by Gasteiger charge is 2.71. The Hall–Kier alpha value is -4.50. The quantitative estimate of drug-likeness (QED) is 0.276. The minimum absolute atomic E-state index is 0.0818. The Morgan fingerprint density at radius 1 is 0.872 bits per heavy atom. The van der Waals surface area contributed by atoms with Crippen molar-refractivity contribution in [1.29, 1.82) is 0 Å². The van der Waals surface area contributed by atoms with Gasteiger partial charge in [0.05, 0.1) is 29.4 Å². The molecular weight excluding hydrogens is 594 g/mol. The van der Waals surface area contributed by atoms with Gasteiger partial charge in [-0.1, -0.05) is 78.9 Å². The molecule has 3 heterocycles. The second-order valence-corrected chi connectivity index (χ2v) is 13.9. The number of fused-ring (bicyclic) bond motifs is 4. The number of hydrogen-bond acceptors (Lipinski definition) is 7. The molecule has 4 fully saturated rings. The lowest BCUT2D eigenvalue weighted by molar-refractivity contribution is -0.144. The van der Waals surface area contributed by atoms with Gasteiger partial charge < -0.3 is 9.52 Å². The number of imide groups is 2. The van der Waals surface area contributed by atoms with E-state index in [2.05, 4.69) is 5.43 Å². The summed E-state index contributed by atoms with van der Waals surface area (Å²) < 4.78 is 6.25. The van der Waals surface area contributed by atoms with Gasteiger partial charge in [0.25, 0.3) is 11.8 Å². The fourth-order valence-corrected chi connectivity index (χ4v) is 9.41. The van der Waals surface area contributed by atoms with Gasteiger partial charge in [-0.2, -0.15) is 5.01 Å². The topological polar surface area (TPSA) is 120 Å². The molecule has 47 heavy (non-hydrogen) atoms. The van der Waals surface area contributed by atoms with Gasteiger partial charge in [-0.05, 0) is 68.4 Å². The van der Waals surface area contributed by atoms with Crippen LogP contribution in [0.2, 0.25) is 0 Å². The van der Waals surface area contributed by atoms with Crippen molar-refractivity contribution >= 4 is 29.3 Å². The van der Waals surface area contributed by atoms with Crippen molar-refractivity contribution < 1.29 is 28.7 Å². The van der Waals surface area contributed by atoms with Crippen LogP contribution in [0.1, 0.15) is 73.5 Å². The van der Waals surface area contributed by atoms with Crippen molar-refractivity contribution in [3.8, 4) is 0 Å². The number of allylic oxidation sites excluding steroid dienone is 2. The first-order valence-electron chi connectivity index (χ1n) is 16.9. The lowest BCUT2D eigenvalue weighted by Crippen LogP contribution is -2.53. The Morgan fingerprint density at radius 2 is 1.62 bits per heavy atom. The first-order valence-corrected chi connectivity index (χ1v) is 16.9. The number of aliphatic hydroxyl groups is 1. The van der Waals surface area contributed by atoms with Crippen molar-refractivity contribution in [2.75, 3.05) is 5.43 Å². The lowest BCUT2D eigenvalue weighted by Gasteiger charge is -2.49. The van der Waals surface area contributed by atoms with E-state index in [9.17, 15) is 19.5 Å². The van der Waals surface area contributed by atoms with Gasteiger partial charge in [0.15, 0.2) is 0 Å². The first kappa shape index (κ1) is 29.9. The van der Waals surface area contributed by atoms with E-state index in [0.717, 1.165) is 48.2 Å². The van der Waals surface area contributed by atoms with E-state index in [-0.39, 0.29) is 36.8 Å². The molecule has 2 aromatic carbocycles. The van der Waals surface area contributed by atoms with Crippen molar-refractivity contribution in [3.63, 3.8) is 0 Å². The Kier molecular flexibility index (Phi) is 7.20. The van der Waals surface area contributed by atoms with Gasteiger partial charge in [0, 0.05) is 6.04 Å². The summed E-state index contributed by atoms with van der Waals surface area (Å²) in [6.45, 7) is 1.65. The monoisotopic (exact) mass is 633 g/mol. The third-order valence-electron chi connectivity index (χ3n) is 11.5. The molecule has 5 aliphatic rings. The van der Waals surface area contributed by atoms with Gasteiger partial charge >= 0.3 is 0 Å². The van der Waals surface area contributed by atoms with Crippen LogP contribution in [0.15, 0.2) is 82.8 Å². The van der Waals surface area contributed by atoms with Gasteiger partial charge in [0.2, 0.25) is 11.8 Å². The van der Waals surface area contributed by atoms with E-state index < -0.39 is 40.9 Å². The molecular formula is C38H39N3O6. The molecule has 4 amide bonds. The Labute approximate surface area is 273 Å². The number of anilines is 1. The zero-order valence-corrected chi connectivity index (χ0v) is 26.4. The SMILES string of the molecule is Cc1ccc(NN2C(=O)[C@@H]3C[C@@H]4C(=CC[C@@H]5C(=O)N(C6CCCCC6)C(=O)[C@@H]54)[C@H](c4ccc(CO)o4)[C@]3(c3ccccc3)C2=O)cc1. The molecule has 0 radical (unpaired) electrons. The Morgan fingerprint density at radius 3 is 2.32 bits per heavy atom. The Bertz CT molecular complexity index is 1770. The third kappa shape index (κ3) is 4.39. The highest BCUT2D eigenvalue weighted by atomic mass is 16.4. The van der Waals surface area contributed by atoms with Crippen LogP contribution in [0.3, 0.4) is 0 Å². The summed E-state index contributed by atoms with van der Waals surface area (Å²) in [6, 6.07) is 20.3. The largest absolute Gasteiger partial charge is 0.463 e. The van der Waals surface area contributed by atoms with Gasteiger partial charge in [-0.15, -0.1) is 0 Å². The van der Waals surface area contributed by atoms with Crippen molar-refractivity contribution in [3.05, 3.63) is 101 Å². The van der Waals surface area contributed by atoms with Crippen molar-refractivity contribution in [2.24, 2.45) is 23.7 Å². The molecule has 3 aliphatic carbocycles. The average molecular weight is 634 g/mol.